The first-order chi connectivity index (χ1) is 12.0. The molecule has 6 heteroatoms. The molecule has 0 aliphatic carbocycles. The molecule has 0 saturated heterocycles. The van der Waals surface area contributed by atoms with E-state index in [1.807, 2.05) is 19.2 Å². The molecule has 0 unspecified atom stereocenters. The molecule has 0 fully saturated rings. The van der Waals surface area contributed by atoms with Gasteiger partial charge in [0.15, 0.2) is 7.05 Å². The van der Waals surface area contributed by atoms with Gasteiger partial charge < -0.3 is 4.74 Å². The lowest BCUT2D eigenvalue weighted by Gasteiger charge is -2.11. The van der Waals surface area contributed by atoms with Gasteiger partial charge in [0.05, 0.1) is 11.9 Å². The monoisotopic (exact) mass is 362 g/mol. The van der Waals surface area contributed by atoms with Gasteiger partial charge in [-0.3, -0.25) is 0 Å². The molecule has 1 N–H and O–H groups in total. The third-order valence-electron chi connectivity index (χ3n) is 4.03. The molecule has 132 valence electrons. The summed E-state index contributed by atoms with van der Waals surface area (Å²) in [5.41, 5.74) is 1.82. The van der Waals surface area contributed by atoms with Gasteiger partial charge in [0, 0.05) is 12.1 Å². The lowest BCUT2D eigenvalue weighted by Crippen LogP contribution is -2.39. The molecule has 0 amide bonds. The van der Waals surface area contributed by atoms with Crippen molar-refractivity contribution >= 4 is 22.7 Å². The second-order valence-electron chi connectivity index (χ2n) is 6.56. The highest BCUT2D eigenvalue weighted by Crippen LogP contribution is 2.28. The number of aryl methyl sites for hydroxylation is 1. The maximum Gasteiger partial charge on any atom is 0.203 e. The van der Waals surface area contributed by atoms with Gasteiger partial charge in [-0.15, -0.1) is 4.68 Å². The average Bonchev–Trinajstić information content (AvgIpc) is 2.85. The quantitative estimate of drug-likeness (QED) is 0.523. The number of benzene rings is 2. The first-order valence-corrected chi connectivity index (χ1v) is 8.64. The molecule has 3 aromatic rings. The fraction of sp³-hybridized carbons (Fsp3) is 0.316. The summed E-state index contributed by atoms with van der Waals surface area (Å²) in [5, 5.41) is 1.10. The van der Waals surface area contributed by atoms with Gasteiger partial charge in [0.1, 0.15) is 22.8 Å². The van der Waals surface area contributed by atoms with E-state index in [0.29, 0.717) is 29.5 Å². The highest BCUT2D eigenvalue weighted by atomic mass is 35.5. The zero-order chi connectivity index (χ0) is 18.0. The lowest BCUT2D eigenvalue weighted by atomic mass is 10.2. The molecule has 2 aromatic carbocycles. The van der Waals surface area contributed by atoms with Crippen LogP contribution in [-0.2, 0) is 20.1 Å². The number of rotatable bonds is 6. The van der Waals surface area contributed by atoms with Crippen LogP contribution in [0.25, 0.3) is 10.9 Å². The lowest BCUT2D eigenvalue weighted by molar-refractivity contribution is -0.751. The number of hydrogen-bond donors (Lipinski definition) is 1. The average molecular weight is 363 g/mol. The zero-order valence-electron chi connectivity index (χ0n) is 14.6. The fourth-order valence-corrected chi connectivity index (χ4v) is 3.08. The van der Waals surface area contributed by atoms with Crippen molar-refractivity contribution in [3.05, 3.63) is 54.0 Å². The second-order valence-corrected chi connectivity index (χ2v) is 6.83. The van der Waals surface area contributed by atoms with Crippen LogP contribution < -0.4 is 14.3 Å². The Labute approximate surface area is 151 Å². The minimum atomic E-state index is -0.317. The molecule has 0 aliphatic heterocycles. The van der Waals surface area contributed by atoms with Gasteiger partial charge in [-0.1, -0.05) is 13.8 Å². The molecular formula is C19H22ClFN3O+. The van der Waals surface area contributed by atoms with Crippen LogP contribution in [-0.4, -0.2) is 4.68 Å². The summed E-state index contributed by atoms with van der Waals surface area (Å²) in [6.07, 6.45) is 2.08. The first-order valence-electron chi connectivity index (χ1n) is 8.27. The highest BCUT2D eigenvalue weighted by Gasteiger charge is 2.15. The Kier molecular flexibility index (Phi) is 5.25. The summed E-state index contributed by atoms with van der Waals surface area (Å²) in [7, 11) is 2.03. The molecule has 25 heavy (non-hydrogen) atoms. The smallest absolute Gasteiger partial charge is 0.203 e. The van der Waals surface area contributed by atoms with E-state index in [0.717, 1.165) is 17.4 Å². The molecule has 0 radical (unpaired) electrons. The molecule has 1 aromatic heterocycles. The van der Waals surface area contributed by atoms with Crippen LogP contribution in [0.1, 0.15) is 19.4 Å². The van der Waals surface area contributed by atoms with E-state index in [4.69, 9.17) is 16.5 Å². The Morgan fingerprint density at radius 2 is 2.04 bits per heavy atom. The topological polar surface area (TPSA) is 30.1 Å². The Morgan fingerprint density at radius 1 is 1.24 bits per heavy atom. The van der Waals surface area contributed by atoms with Crippen LogP contribution in [0.4, 0.5) is 4.39 Å². The van der Waals surface area contributed by atoms with E-state index in [1.54, 1.807) is 6.07 Å². The minimum absolute atomic E-state index is 0.316. The number of ether oxygens (including phenoxy) is 1. The standard InChI is InChI=1S/C19H22ClFN3O/c1-13(2)11-24-18-6-5-17(9-15(18)12-23(24)3)25-19-7-4-16(21)8-14(19)10-22-20/h4-9,12-13,22H,10-11H2,1-3H3/q+1. The summed E-state index contributed by atoms with van der Waals surface area (Å²) in [4.78, 5) is 2.51. The van der Waals surface area contributed by atoms with Gasteiger partial charge in [-0.25, -0.2) is 9.23 Å². The summed E-state index contributed by atoms with van der Waals surface area (Å²) in [5.74, 6) is 1.53. The minimum Gasteiger partial charge on any atom is -0.457 e. The third kappa shape index (κ3) is 3.94. The van der Waals surface area contributed by atoms with Gasteiger partial charge in [-0.2, -0.15) is 4.68 Å². The molecule has 3 rings (SSSR count). The summed E-state index contributed by atoms with van der Waals surface area (Å²) < 4.78 is 23.7. The van der Waals surface area contributed by atoms with Crippen LogP contribution in [0.3, 0.4) is 0 Å². The highest BCUT2D eigenvalue weighted by molar-refractivity contribution is 6.13. The van der Waals surface area contributed by atoms with Crippen molar-refractivity contribution in [2.75, 3.05) is 0 Å². The molecule has 1 heterocycles. The molecule has 0 bridgehead atoms. The third-order valence-corrected chi connectivity index (χ3v) is 4.16. The predicted molar refractivity (Wildman–Crippen MR) is 97.1 cm³/mol. The Hall–Kier alpha value is -2.11. The van der Waals surface area contributed by atoms with Crippen molar-refractivity contribution in [3.8, 4) is 11.5 Å². The zero-order valence-corrected chi connectivity index (χ0v) is 15.3. The number of aromatic nitrogens is 2. The number of fused-ring (bicyclic) bond motifs is 1. The molecule has 0 aliphatic rings. The maximum absolute atomic E-state index is 13.4. The molecule has 0 spiro atoms. The predicted octanol–water partition coefficient (Wildman–Crippen LogP) is 4.30. The normalized spacial score (nSPS) is 11.4. The second kappa shape index (κ2) is 7.42. The van der Waals surface area contributed by atoms with Crippen LogP contribution in [0, 0.1) is 11.7 Å². The summed E-state index contributed by atoms with van der Waals surface area (Å²) in [6, 6.07) is 10.4. The van der Waals surface area contributed by atoms with E-state index in [2.05, 4.69) is 40.3 Å². The van der Waals surface area contributed by atoms with Crippen molar-refractivity contribution in [1.29, 1.82) is 0 Å². The van der Waals surface area contributed by atoms with Crippen molar-refractivity contribution in [2.45, 2.75) is 26.9 Å². The van der Waals surface area contributed by atoms with Gasteiger partial charge in [-0.05, 0) is 54.1 Å². The van der Waals surface area contributed by atoms with Crippen molar-refractivity contribution in [1.82, 2.24) is 9.52 Å². The fourth-order valence-electron chi connectivity index (χ4n) is 2.93. The van der Waals surface area contributed by atoms with Gasteiger partial charge >= 0.3 is 0 Å². The van der Waals surface area contributed by atoms with E-state index in [1.165, 1.54) is 12.1 Å². The first kappa shape index (κ1) is 17.7. The number of nitrogens with one attached hydrogen (secondary N) is 1. The van der Waals surface area contributed by atoms with Crippen LogP contribution in [0.5, 0.6) is 11.5 Å². The van der Waals surface area contributed by atoms with E-state index in [-0.39, 0.29) is 5.82 Å². The van der Waals surface area contributed by atoms with Crippen LogP contribution >= 0.6 is 11.8 Å². The van der Waals surface area contributed by atoms with E-state index < -0.39 is 0 Å². The largest absolute Gasteiger partial charge is 0.457 e. The number of halogens is 2. The van der Waals surface area contributed by atoms with Crippen molar-refractivity contribution in [2.24, 2.45) is 13.0 Å². The number of hydrogen-bond acceptors (Lipinski definition) is 2. The summed E-state index contributed by atoms with van der Waals surface area (Å²) in [6.45, 7) is 5.66. The Morgan fingerprint density at radius 3 is 2.76 bits per heavy atom. The molecular weight excluding hydrogens is 341 g/mol. The van der Waals surface area contributed by atoms with E-state index >= 15 is 0 Å². The van der Waals surface area contributed by atoms with E-state index in [9.17, 15) is 4.39 Å². The molecule has 0 saturated carbocycles. The SMILES string of the molecule is CC(C)Cn1c2ccc(Oc3ccc(F)cc3CNCl)cc2c[n+]1C. The molecule has 0 atom stereocenters. The van der Waals surface area contributed by atoms with Gasteiger partial charge in [0.2, 0.25) is 6.20 Å². The Balaban J connectivity index is 1.93. The molecule has 4 nitrogen and oxygen atoms in total. The number of nitrogens with zero attached hydrogens (tertiary/aromatic N) is 2. The summed E-state index contributed by atoms with van der Waals surface area (Å²) >= 11 is 5.57. The van der Waals surface area contributed by atoms with Crippen molar-refractivity contribution < 1.29 is 13.8 Å². The maximum atomic E-state index is 13.4. The van der Waals surface area contributed by atoms with Gasteiger partial charge in [0.25, 0.3) is 0 Å². The Bertz CT molecular complexity index is 892. The van der Waals surface area contributed by atoms with Crippen LogP contribution in [0.2, 0.25) is 0 Å². The van der Waals surface area contributed by atoms with Crippen molar-refractivity contribution in [3.63, 3.8) is 0 Å². The van der Waals surface area contributed by atoms with Crippen LogP contribution in [0.15, 0.2) is 42.6 Å².